The second-order valence-electron chi connectivity index (χ2n) is 7.28. The molecule has 1 atom stereocenters. The van der Waals surface area contributed by atoms with Crippen LogP contribution in [0, 0.1) is 13.8 Å². The zero-order valence-electron chi connectivity index (χ0n) is 14.5. The zero-order chi connectivity index (χ0) is 17.6. The van der Waals surface area contributed by atoms with E-state index in [0.717, 1.165) is 27.7 Å². The molecular weight excluding hydrogens is 316 g/mol. The van der Waals surface area contributed by atoms with E-state index in [0.29, 0.717) is 6.42 Å². The molecule has 0 saturated heterocycles. The molecule has 0 amide bonds. The Balaban J connectivity index is 1.78. The number of pyridine rings is 1. The van der Waals surface area contributed by atoms with Gasteiger partial charge in [-0.1, -0.05) is 35.4 Å². The molecule has 3 heteroatoms. The van der Waals surface area contributed by atoms with Gasteiger partial charge >= 0.3 is 0 Å². The number of rotatable bonds is 2. The second-order valence-corrected chi connectivity index (χ2v) is 7.28. The van der Waals surface area contributed by atoms with E-state index in [2.05, 4.69) is 32.0 Å². The van der Waals surface area contributed by atoms with Crippen molar-refractivity contribution in [2.45, 2.75) is 45.0 Å². The predicted octanol–water partition coefficient (Wildman–Crippen LogP) is 6.42. The lowest BCUT2D eigenvalue weighted by molar-refractivity contribution is 0.00780. The number of aryl methyl sites for hydroxylation is 2. The maximum Gasteiger partial charge on any atom is 0.248 e. The van der Waals surface area contributed by atoms with Gasteiger partial charge in [-0.3, -0.25) is 0 Å². The quantitative estimate of drug-likeness (QED) is 0.525. The summed E-state index contributed by atoms with van der Waals surface area (Å²) in [7, 11) is 0. The largest absolute Gasteiger partial charge is 0.248 e. The lowest BCUT2D eigenvalue weighted by Crippen LogP contribution is -2.09. The molecular formula is C22H21F2N. The number of alkyl halides is 2. The van der Waals surface area contributed by atoms with E-state index >= 15 is 0 Å². The molecule has 128 valence electrons. The summed E-state index contributed by atoms with van der Waals surface area (Å²) >= 11 is 0. The van der Waals surface area contributed by atoms with Crippen LogP contribution in [0.25, 0.3) is 22.2 Å². The van der Waals surface area contributed by atoms with Crippen molar-refractivity contribution in [2.24, 2.45) is 0 Å². The van der Waals surface area contributed by atoms with Gasteiger partial charge in [0.25, 0.3) is 0 Å². The van der Waals surface area contributed by atoms with Crippen molar-refractivity contribution in [1.29, 1.82) is 0 Å². The van der Waals surface area contributed by atoms with Gasteiger partial charge < -0.3 is 0 Å². The summed E-state index contributed by atoms with van der Waals surface area (Å²) in [6.07, 6.45) is 0.484. The van der Waals surface area contributed by atoms with Gasteiger partial charge in [-0.25, -0.2) is 13.8 Å². The molecule has 1 heterocycles. The van der Waals surface area contributed by atoms with Gasteiger partial charge in [0, 0.05) is 23.8 Å². The van der Waals surface area contributed by atoms with E-state index in [1.54, 1.807) is 0 Å². The second kappa shape index (κ2) is 5.91. The number of aromatic nitrogens is 1. The Bertz CT molecular complexity index is 926. The van der Waals surface area contributed by atoms with E-state index < -0.39 is 5.92 Å². The molecule has 3 aromatic rings. The average molecular weight is 337 g/mol. The lowest BCUT2D eigenvalue weighted by Gasteiger charge is -2.14. The number of nitrogens with zero attached hydrogens (tertiary/aromatic N) is 1. The standard InChI is InChI=1S/C22H21F2N/c1-14-10-15(2)12-17(11-14)20-7-6-19-18(4-3-5-21(19)25-20)16-8-9-22(23,24)13-16/h3-7,10-12,16H,8-9,13H2,1-2H3. The van der Waals surface area contributed by atoms with Crippen LogP contribution in [0.4, 0.5) is 8.78 Å². The highest BCUT2D eigenvalue weighted by molar-refractivity contribution is 5.85. The third kappa shape index (κ3) is 3.15. The van der Waals surface area contributed by atoms with Crippen LogP contribution >= 0.6 is 0 Å². The SMILES string of the molecule is Cc1cc(C)cc(-c2ccc3c(C4CCC(F)(F)C4)cccc3n2)c1. The van der Waals surface area contributed by atoms with E-state index in [-0.39, 0.29) is 18.8 Å². The third-order valence-electron chi connectivity index (χ3n) is 5.13. The van der Waals surface area contributed by atoms with E-state index in [4.69, 9.17) is 4.98 Å². The van der Waals surface area contributed by atoms with Crippen LogP contribution in [0.5, 0.6) is 0 Å². The zero-order valence-corrected chi connectivity index (χ0v) is 14.5. The maximum absolute atomic E-state index is 13.6. The minimum absolute atomic E-state index is 0.0118. The first-order chi connectivity index (χ1) is 11.9. The van der Waals surface area contributed by atoms with Crippen molar-refractivity contribution in [3.8, 4) is 11.3 Å². The fourth-order valence-corrected chi connectivity index (χ4v) is 4.03. The van der Waals surface area contributed by atoms with Crippen LogP contribution in [-0.4, -0.2) is 10.9 Å². The minimum Gasteiger partial charge on any atom is -0.248 e. The van der Waals surface area contributed by atoms with Gasteiger partial charge in [0.15, 0.2) is 0 Å². The average Bonchev–Trinajstić information content (AvgIpc) is 2.92. The summed E-state index contributed by atoms with van der Waals surface area (Å²) < 4.78 is 27.3. The number of halogens is 2. The number of benzene rings is 2. The molecule has 0 radical (unpaired) electrons. The van der Waals surface area contributed by atoms with Crippen LogP contribution in [0.1, 0.15) is 41.9 Å². The van der Waals surface area contributed by atoms with E-state index in [1.165, 1.54) is 11.1 Å². The molecule has 0 N–H and O–H groups in total. The molecule has 4 rings (SSSR count). The molecule has 25 heavy (non-hydrogen) atoms. The van der Waals surface area contributed by atoms with Crippen molar-refractivity contribution in [1.82, 2.24) is 4.98 Å². The van der Waals surface area contributed by atoms with Crippen LogP contribution in [0.15, 0.2) is 48.5 Å². The normalized spacial score (nSPS) is 19.4. The molecule has 1 aliphatic rings. The molecule has 1 fully saturated rings. The third-order valence-corrected chi connectivity index (χ3v) is 5.13. The number of fused-ring (bicyclic) bond motifs is 1. The summed E-state index contributed by atoms with van der Waals surface area (Å²) in [4.78, 5) is 4.81. The number of hydrogen-bond donors (Lipinski definition) is 0. The molecule has 1 unspecified atom stereocenters. The Kier molecular flexibility index (Phi) is 3.82. The Labute approximate surface area is 146 Å². The smallest absolute Gasteiger partial charge is 0.248 e. The Hall–Kier alpha value is -2.29. The summed E-state index contributed by atoms with van der Waals surface area (Å²) in [5.74, 6) is -2.60. The fourth-order valence-electron chi connectivity index (χ4n) is 4.03. The van der Waals surface area contributed by atoms with E-state index in [1.807, 2.05) is 30.3 Å². The van der Waals surface area contributed by atoms with Gasteiger partial charge in [-0.05, 0) is 56.0 Å². The highest BCUT2D eigenvalue weighted by Crippen LogP contribution is 2.45. The summed E-state index contributed by atoms with van der Waals surface area (Å²) in [6, 6.07) is 16.3. The Morgan fingerprint density at radius 3 is 2.44 bits per heavy atom. The molecule has 1 aliphatic carbocycles. The van der Waals surface area contributed by atoms with Crippen LogP contribution in [-0.2, 0) is 0 Å². The van der Waals surface area contributed by atoms with Crippen molar-refractivity contribution < 1.29 is 8.78 Å². The van der Waals surface area contributed by atoms with Gasteiger partial charge in [0.1, 0.15) is 0 Å². The van der Waals surface area contributed by atoms with Crippen molar-refractivity contribution in [3.63, 3.8) is 0 Å². The first-order valence-electron chi connectivity index (χ1n) is 8.77. The van der Waals surface area contributed by atoms with Gasteiger partial charge in [0.05, 0.1) is 11.2 Å². The molecule has 0 aliphatic heterocycles. The first kappa shape index (κ1) is 16.2. The van der Waals surface area contributed by atoms with Crippen molar-refractivity contribution in [2.75, 3.05) is 0 Å². The molecule has 2 aromatic carbocycles. The number of hydrogen-bond acceptors (Lipinski definition) is 1. The molecule has 0 spiro atoms. The van der Waals surface area contributed by atoms with E-state index in [9.17, 15) is 8.78 Å². The maximum atomic E-state index is 13.6. The predicted molar refractivity (Wildman–Crippen MR) is 98.2 cm³/mol. The van der Waals surface area contributed by atoms with Gasteiger partial charge in [-0.2, -0.15) is 0 Å². The highest BCUT2D eigenvalue weighted by atomic mass is 19.3. The molecule has 1 saturated carbocycles. The topological polar surface area (TPSA) is 12.9 Å². The summed E-state index contributed by atoms with van der Waals surface area (Å²) in [5, 5.41) is 0.998. The fraction of sp³-hybridized carbons (Fsp3) is 0.318. The Morgan fingerprint density at radius 1 is 1.00 bits per heavy atom. The molecule has 0 bridgehead atoms. The summed E-state index contributed by atoms with van der Waals surface area (Å²) in [5.41, 5.74) is 6.32. The van der Waals surface area contributed by atoms with Gasteiger partial charge in [0.2, 0.25) is 5.92 Å². The monoisotopic (exact) mass is 337 g/mol. The summed E-state index contributed by atoms with van der Waals surface area (Å²) in [6.45, 7) is 4.16. The molecule has 1 nitrogen and oxygen atoms in total. The van der Waals surface area contributed by atoms with Crippen LogP contribution in [0.2, 0.25) is 0 Å². The first-order valence-corrected chi connectivity index (χ1v) is 8.77. The lowest BCUT2D eigenvalue weighted by atomic mass is 9.93. The van der Waals surface area contributed by atoms with Crippen LogP contribution in [0.3, 0.4) is 0 Å². The van der Waals surface area contributed by atoms with Crippen molar-refractivity contribution >= 4 is 10.9 Å². The Morgan fingerprint density at radius 2 is 1.76 bits per heavy atom. The molecule has 1 aromatic heterocycles. The van der Waals surface area contributed by atoms with Gasteiger partial charge in [-0.15, -0.1) is 0 Å². The minimum atomic E-state index is -2.53. The highest BCUT2D eigenvalue weighted by Gasteiger charge is 2.40. The van der Waals surface area contributed by atoms with Crippen LogP contribution < -0.4 is 0 Å². The van der Waals surface area contributed by atoms with Crippen molar-refractivity contribution in [3.05, 3.63) is 65.2 Å².